The third-order valence-electron chi connectivity index (χ3n) is 6.22. The van der Waals surface area contributed by atoms with Crippen LogP contribution in [0.25, 0.3) is 31.4 Å². The largest absolute Gasteiger partial charge is 0.256 e. The highest BCUT2D eigenvalue weighted by molar-refractivity contribution is 7.26. The molecule has 3 heteroatoms. The van der Waals surface area contributed by atoms with E-state index >= 15 is 0 Å². The number of hydrogen-bond acceptors (Lipinski definition) is 2. The van der Waals surface area contributed by atoms with Crippen molar-refractivity contribution in [3.05, 3.63) is 60.3 Å². The quantitative estimate of drug-likeness (QED) is 0.328. The van der Waals surface area contributed by atoms with Crippen molar-refractivity contribution in [1.29, 1.82) is 0 Å². The van der Waals surface area contributed by atoms with Gasteiger partial charge >= 0.3 is 0 Å². The molecule has 0 N–H and O–H groups in total. The molecular weight excluding hydrogens is 374 g/mol. The number of hydrogen-bond donors (Lipinski definition) is 0. The van der Waals surface area contributed by atoms with Crippen LogP contribution < -0.4 is 5.19 Å². The summed E-state index contributed by atoms with van der Waals surface area (Å²) in [6.45, 7) is 7.34. The fourth-order valence-corrected chi connectivity index (χ4v) is 7.65. The fraction of sp³-hybridized carbons (Fsp3) is 0.320. The van der Waals surface area contributed by atoms with Gasteiger partial charge in [-0.15, -0.1) is 11.3 Å². The van der Waals surface area contributed by atoms with Gasteiger partial charge in [0.2, 0.25) is 0 Å². The Hall–Kier alpha value is -1.97. The van der Waals surface area contributed by atoms with Crippen LogP contribution in [0.1, 0.15) is 37.2 Å². The average Bonchev–Trinajstić information content (AvgIpc) is 3.35. The van der Waals surface area contributed by atoms with Crippen LogP contribution in [0.5, 0.6) is 0 Å². The van der Waals surface area contributed by atoms with E-state index in [0.717, 1.165) is 11.6 Å². The highest BCUT2D eigenvalue weighted by Crippen LogP contribution is 2.40. The molecule has 0 spiro atoms. The summed E-state index contributed by atoms with van der Waals surface area (Å²) in [6, 6.07) is 18.2. The average molecular weight is 402 g/mol. The Morgan fingerprint density at radius 3 is 2.43 bits per heavy atom. The highest BCUT2D eigenvalue weighted by atomic mass is 32.1. The van der Waals surface area contributed by atoms with Crippen molar-refractivity contribution < 1.29 is 0 Å². The lowest BCUT2D eigenvalue weighted by Crippen LogP contribution is -2.37. The Balaban J connectivity index is 1.70. The normalized spacial score (nSPS) is 15.7. The first-order chi connectivity index (χ1) is 13.5. The number of nitrogens with zero attached hydrogens (tertiary/aromatic N) is 1. The molecule has 5 rings (SSSR count). The van der Waals surface area contributed by atoms with Gasteiger partial charge in [0.25, 0.3) is 0 Å². The Morgan fingerprint density at radius 1 is 0.929 bits per heavy atom. The van der Waals surface area contributed by atoms with Crippen LogP contribution in [-0.2, 0) is 0 Å². The minimum atomic E-state index is -1.44. The lowest BCUT2D eigenvalue weighted by Gasteiger charge is -2.19. The van der Waals surface area contributed by atoms with Crippen LogP contribution in [0.3, 0.4) is 0 Å². The number of benzene rings is 2. The maximum Gasteiger partial charge on any atom is 0.0784 e. The highest BCUT2D eigenvalue weighted by Gasteiger charge is 2.24. The predicted molar refractivity (Wildman–Crippen MR) is 127 cm³/mol. The fourth-order valence-electron chi connectivity index (χ4n) is 4.72. The minimum absolute atomic E-state index is 0.722. The summed E-state index contributed by atoms with van der Waals surface area (Å²) < 4.78 is 2.79. The Labute approximate surface area is 172 Å². The molecular formula is C25H27NSSi. The van der Waals surface area contributed by atoms with E-state index in [1.165, 1.54) is 57.0 Å². The topological polar surface area (TPSA) is 12.9 Å². The number of fused-ring (bicyclic) bond motifs is 3. The monoisotopic (exact) mass is 401 g/mol. The van der Waals surface area contributed by atoms with Crippen LogP contribution in [0.2, 0.25) is 19.6 Å². The maximum atomic E-state index is 4.92. The van der Waals surface area contributed by atoms with Crippen LogP contribution in [-0.4, -0.2) is 13.1 Å². The van der Waals surface area contributed by atoms with E-state index in [2.05, 4.69) is 74.4 Å². The predicted octanol–water partition coefficient (Wildman–Crippen LogP) is 7.32. The van der Waals surface area contributed by atoms with Crippen molar-refractivity contribution in [3.8, 4) is 11.3 Å². The molecule has 2 heterocycles. The van der Waals surface area contributed by atoms with E-state index in [4.69, 9.17) is 4.98 Å². The Kier molecular flexibility index (Phi) is 4.40. The summed E-state index contributed by atoms with van der Waals surface area (Å²) in [4.78, 5) is 4.92. The summed E-state index contributed by atoms with van der Waals surface area (Å²) >= 11 is 1.93. The van der Waals surface area contributed by atoms with E-state index in [0.29, 0.717) is 0 Å². The molecule has 28 heavy (non-hydrogen) atoms. The molecule has 0 aliphatic heterocycles. The first-order valence-corrected chi connectivity index (χ1v) is 14.7. The second-order valence-electron chi connectivity index (χ2n) is 9.17. The van der Waals surface area contributed by atoms with Crippen molar-refractivity contribution in [2.24, 2.45) is 0 Å². The number of aromatic nitrogens is 1. The van der Waals surface area contributed by atoms with Crippen LogP contribution in [0.4, 0.5) is 0 Å². The van der Waals surface area contributed by atoms with Crippen molar-refractivity contribution >= 4 is 44.8 Å². The zero-order valence-electron chi connectivity index (χ0n) is 17.0. The molecule has 0 saturated heterocycles. The van der Waals surface area contributed by atoms with E-state index in [1.54, 1.807) is 5.19 Å². The number of thiophene rings is 1. The van der Waals surface area contributed by atoms with Gasteiger partial charge in [0.05, 0.1) is 13.8 Å². The molecule has 142 valence electrons. The molecule has 1 nitrogen and oxygen atoms in total. The zero-order chi connectivity index (χ0) is 19.3. The van der Waals surface area contributed by atoms with Crippen LogP contribution in [0, 0.1) is 0 Å². The molecule has 2 aromatic carbocycles. The molecule has 0 bridgehead atoms. The molecule has 0 atom stereocenters. The molecule has 2 aromatic heterocycles. The first-order valence-electron chi connectivity index (χ1n) is 10.4. The van der Waals surface area contributed by atoms with Gasteiger partial charge in [0.1, 0.15) is 0 Å². The van der Waals surface area contributed by atoms with Crippen LogP contribution >= 0.6 is 11.3 Å². The van der Waals surface area contributed by atoms with E-state index in [-0.39, 0.29) is 0 Å². The van der Waals surface area contributed by atoms with E-state index in [1.807, 2.05) is 11.3 Å². The molecule has 1 aliphatic carbocycles. The summed E-state index contributed by atoms with van der Waals surface area (Å²) in [5.74, 6) is 0.722. The molecule has 0 amide bonds. The SMILES string of the molecule is C[Si](C)(C)c1ccc(-c2ccc(C3CCCC3)cn2)c2sc3ccccc3c12. The molecule has 4 aromatic rings. The van der Waals surface area contributed by atoms with E-state index in [9.17, 15) is 0 Å². The summed E-state index contributed by atoms with van der Waals surface area (Å²) in [5, 5.41) is 4.44. The lowest BCUT2D eigenvalue weighted by molar-refractivity contribution is 0.719. The van der Waals surface area contributed by atoms with Gasteiger partial charge in [0, 0.05) is 31.9 Å². The van der Waals surface area contributed by atoms with Gasteiger partial charge in [-0.1, -0.05) is 74.1 Å². The van der Waals surface area contributed by atoms with Gasteiger partial charge in [-0.3, -0.25) is 4.98 Å². The third-order valence-corrected chi connectivity index (χ3v) is 9.46. The Bertz CT molecular complexity index is 1150. The van der Waals surface area contributed by atoms with E-state index < -0.39 is 8.07 Å². The second-order valence-corrected chi connectivity index (χ2v) is 15.3. The second kappa shape index (κ2) is 6.82. The Morgan fingerprint density at radius 2 is 1.71 bits per heavy atom. The standard InChI is InChI=1S/C25H27NSSi/c1-28(2,3)23-15-13-19(25-24(23)20-10-6-7-11-22(20)27-25)21-14-12-18(16-26-21)17-8-4-5-9-17/h6-7,10-17H,4-5,8-9H2,1-3H3. The molecule has 0 unspecified atom stereocenters. The molecule has 1 fully saturated rings. The maximum absolute atomic E-state index is 4.92. The van der Waals surface area contributed by atoms with Crippen LogP contribution in [0.15, 0.2) is 54.7 Å². The smallest absolute Gasteiger partial charge is 0.0784 e. The van der Waals surface area contributed by atoms with Crippen molar-refractivity contribution in [2.45, 2.75) is 51.2 Å². The third kappa shape index (κ3) is 3.01. The number of pyridine rings is 1. The van der Waals surface area contributed by atoms with Gasteiger partial charge < -0.3 is 0 Å². The molecule has 1 saturated carbocycles. The summed E-state index contributed by atoms with van der Waals surface area (Å²) in [6.07, 6.45) is 7.52. The van der Waals surface area contributed by atoms with Crippen molar-refractivity contribution in [1.82, 2.24) is 4.98 Å². The minimum Gasteiger partial charge on any atom is -0.256 e. The van der Waals surface area contributed by atoms with Gasteiger partial charge in [-0.05, 0) is 36.5 Å². The van der Waals surface area contributed by atoms with Gasteiger partial charge in [0.15, 0.2) is 0 Å². The number of rotatable bonds is 3. The van der Waals surface area contributed by atoms with Gasteiger partial charge in [-0.2, -0.15) is 0 Å². The zero-order valence-corrected chi connectivity index (χ0v) is 18.8. The molecule has 0 radical (unpaired) electrons. The summed E-state index contributed by atoms with van der Waals surface area (Å²) in [7, 11) is -1.44. The lowest BCUT2D eigenvalue weighted by atomic mass is 9.98. The van der Waals surface area contributed by atoms with Crippen molar-refractivity contribution in [2.75, 3.05) is 0 Å². The van der Waals surface area contributed by atoms with Gasteiger partial charge in [-0.25, -0.2) is 0 Å². The first kappa shape index (κ1) is 18.1. The summed E-state index contributed by atoms with van der Waals surface area (Å²) in [5.41, 5.74) is 3.82. The van der Waals surface area contributed by atoms with Crippen molar-refractivity contribution in [3.63, 3.8) is 0 Å². The molecule has 1 aliphatic rings.